The maximum atomic E-state index is 12.2. The maximum absolute atomic E-state index is 12.2. The molecule has 2 rings (SSSR count). The highest BCUT2D eigenvalue weighted by atomic mass is 32.2. The molecule has 0 aliphatic heterocycles. The average Bonchev–Trinajstić information content (AvgIpc) is 2.76. The summed E-state index contributed by atoms with van der Waals surface area (Å²) in [6.45, 7) is 3.75. The first-order valence-electron chi connectivity index (χ1n) is 5.77. The Morgan fingerprint density at radius 2 is 1.89 bits per heavy atom. The molecule has 1 unspecified atom stereocenters. The van der Waals surface area contributed by atoms with E-state index in [1.54, 1.807) is 30.4 Å². The topological polar surface area (TPSA) is 66.4 Å². The fraction of sp³-hybridized carbons (Fsp3) is 0.231. The van der Waals surface area contributed by atoms with Crippen LogP contribution in [0.25, 0.3) is 0 Å². The summed E-state index contributed by atoms with van der Waals surface area (Å²) in [5, 5.41) is 9.62. The Labute approximate surface area is 116 Å². The molecule has 6 heteroatoms. The molecule has 4 nitrogen and oxygen atoms in total. The van der Waals surface area contributed by atoms with Gasteiger partial charge in [0.05, 0.1) is 6.04 Å². The number of aromatic hydroxyl groups is 1. The van der Waals surface area contributed by atoms with E-state index in [0.717, 1.165) is 9.75 Å². The van der Waals surface area contributed by atoms with Gasteiger partial charge in [0.25, 0.3) is 0 Å². The zero-order valence-electron chi connectivity index (χ0n) is 10.6. The first kappa shape index (κ1) is 14.0. The fourth-order valence-corrected chi connectivity index (χ4v) is 4.00. The summed E-state index contributed by atoms with van der Waals surface area (Å²) >= 11 is 1.55. The lowest BCUT2D eigenvalue weighted by Crippen LogP contribution is -2.26. The Bertz CT molecular complexity index is 677. The summed E-state index contributed by atoms with van der Waals surface area (Å²) in [6, 6.07) is 9.42. The van der Waals surface area contributed by atoms with Crippen molar-refractivity contribution in [1.82, 2.24) is 4.72 Å². The van der Waals surface area contributed by atoms with Crippen molar-refractivity contribution in [3.8, 4) is 5.75 Å². The van der Waals surface area contributed by atoms with Crippen LogP contribution in [-0.4, -0.2) is 13.5 Å². The standard InChI is InChI=1S/C13H15NO3S2/c1-9-7-8-12(18-9)10(2)14-19(16,17)13-6-4-3-5-11(13)15/h3-8,10,14-15H,1-2H3. The van der Waals surface area contributed by atoms with Crippen molar-refractivity contribution in [1.29, 1.82) is 0 Å². The van der Waals surface area contributed by atoms with E-state index in [2.05, 4.69) is 4.72 Å². The molecule has 0 saturated heterocycles. The number of hydrogen-bond donors (Lipinski definition) is 2. The first-order valence-corrected chi connectivity index (χ1v) is 8.07. The second-order valence-electron chi connectivity index (χ2n) is 4.26. The van der Waals surface area contributed by atoms with Gasteiger partial charge in [0.2, 0.25) is 10.0 Å². The van der Waals surface area contributed by atoms with Crippen molar-refractivity contribution in [3.05, 3.63) is 46.2 Å². The van der Waals surface area contributed by atoms with Crippen molar-refractivity contribution in [2.24, 2.45) is 0 Å². The number of para-hydroxylation sites is 1. The van der Waals surface area contributed by atoms with Crippen molar-refractivity contribution >= 4 is 21.4 Å². The van der Waals surface area contributed by atoms with Gasteiger partial charge in [0, 0.05) is 9.75 Å². The van der Waals surface area contributed by atoms with E-state index in [1.807, 2.05) is 19.1 Å². The van der Waals surface area contributed by atoms with E-state index >= 15 is 0 Å². The Balaban J connectivity index is 2.25. The van der Waals surface area contributed by atoms with Crippen LogP contribution in [0.3, 0.4) is 0 Å². The molecule has 0 aliphatic carbocycles. The van der Waals surface area contributed by atoms with Gasteiger partial charge in [-0.1, -0.05) is 12.1 Å². The molecule has 0 saturated carbocycles. The Hall–Kier alpha value is -1.37. The normalized spacial score (nSPS) is 13.4. The van der Waals surface area contributed by atoms with Crippen LogP contribution in [0.2, 0.25) is 0 Å². The molecular weight excluding hydrogens is 282 g/mol. The molecule has 1 heterocycles. The summed E-state index contributed by atoms with van der Waals surface area (Å²) in [6.07, 6.45) is 0. The predicted octanol–water partition coefficient (Wildman–Crippen LogP) is 2.80. The summed E-state index contributed by atoms with van der Waals surface area (Å²) in [5.41, 5.74) is 0. The lowest BCUT2D eigenvalue weighted by Gasteiger charge is -2.13. The minimum atomic E-state index is -3.72. The molecule has 102 valence electrons. The van der Waals surface area contributed by atoms with E-state index in [9.17, 15) is 13.5 Å². The second-order valence-corrected chi connectivity index (χ2v) is 7.26. The molecule has 2 N–H and O–H groups in total. The molecular formula is C13H15NO3S2. The lowest BCUT2D eigenvalue weighted by atomic mass is 10.3. The minimum Gasteiger partial charge on any atom is -0.507 e. The number of aryl methyl sites for hydroxylation is 1. The monoisotopic (exact) mass is 297 g/mol. The molecule has 0 bridgehead atoms. The van der Waals surface area contributed by atoms with Crippen LogP contribution in [0.4, 0.5) is 0 Å². The van der Waals surface area contributed by atoms with Crippen LogP contribution in [0.5, 0.6) is 5.75 Å². The summed E-state index contributed by atoms with van der Waals surface area (Å²) in [7, 11) is -3.72. The fourth-order valence-electron chi connectivity index (χ4n) is 1.72. The van der Waals surface area contributed by atoms with Crippen LogP contribution in [0, 0.1) is 6.92 Å². The van der Waals surface area contributed by atoms with E-state index in [1.165, 1.54) is 12.1 Å². The molecule has 0 fully saturated rings. The number of phenolic OH excluding ortho intramolecular Hbond substituents is 1. The molecule has 1 aromatic heterocycles. The number of rotatable bonds is 4. The minimum absolute atomic E-state index is 0.102. The van der Waals surface area contributed by atoms with Crippen molar-refractivity contribution in [2.75, 3.05) is 0 Å². The van der Waals surface area contributed by atoms with Gasteiger partial charge in [-0.05, 0) is 38.1 Å². The van der Waals surface area contributed by atoms with E-state index in [0.29, 0.717) is 0 Å². The van der Waals surface area contributed by atoms with Crippen LogP contribution in [0.15, 0.2) is 41.3 Å². The highest BCUT2D eigenvalue weighted by Crippen LogP contribution is 2.26. The highest BCUT2D eigenvalue weighted by molar-refractivity contribution is 7.89. The van der Waals surface area contributed by atoms with Crippen molar-refractivity contribution in [2.45, 2.75) is 24.8 Å². The maximum Gasteiger partial charge on any atom is 0.244 e. The number of thiophene rings is 1. The lowest BCUT2D eigenvalue weighted by molar-refractivity contribution is 0.457. The summed E-state index contributed by atoms with van der Waals surface area (Å²) in [5.74, 6) is -0.246. The van der Waals surface area contributed by atoms with Crippen molar-refractivity contribution in [3.63, 3.8) is 0 Å². The Morgan fingerprint density at radius 1 is 1.21 bits per heavy atom. The second kappa shape index (κ2) is 5.32. The van der Waals surface area contributed by atoms with E-state index in [-0.39, 0.29) is 16.7 Å². The van der Waals surface area contributed by atoms with Crippen LogP contribution in [-0.2, 0) is 10.0 Å². The molecule has 1 atom stereocenters. The smallest absolute Gasteiger partial charge is 0.244 e. The molecule has 0 spiro atoms. The van der Waals surface area contributed by atoms with Crippen LogP contribution >= 0.6 is 11.3 Å². The SMILES string of the molecule is Cc1ccc(C(C)NS(=O)(=O)c2ccccc2O)s1. The zero-order chi connectivity index (χ0) is 14.0. The number of hydrogen-bond acceptors (Lipinski definition) is 4. The predicted molar refractivity (Wildman–Crippen MR) is 75.9 cm³/mol. The number of benzene rings is 1. The van der Waals surface area contributed by atoms with E-state index in [4.69, 9.17) is 0 Å². The molecule has 0 aliphatic rings. The van der Waals surface area contributed by atoms with Gasteiger partial charge in [-0.2, -0.15) is 0 Å². The van der Waals surface area contributed by atoms with Gasteiger partial charge < -0.3 is 5.11 Å². The third-order valence-electron chi connectivity index (χ3n) is 2.67. The molecule has 2 aromatic rings. The van der Waals surface area contributed by atoms with Gasteiger partial charge in [-0.15, -0.1) is 11.3 Å². The van der Waals surface area contributed by atoms with Crippen LogP contribution in [0.1, 0.15) is 22.7 Å². The van der Waals surface area contributed by atoms with Gasteiger partial charge in [0.1, 0.15) is 10.6 Å². The number of nitrogens with one attached hydrogen (secondary N) is 1. The first-order chi connectivity index (χ1) is 8.90. The van der Waals surface area contributed by atoms with Crippen molar-refractivity contribution < 1.29 is 13.5 Å². The number of phenols is 1. The summed E-state index contributed by atoms with van der Waals surface area (Å²) in [4.78, 5) is 1.97. The Morgan fingerprint density at radius 3 is 2.47 bits per heavy atom. The third kappa shape index (κ3) is 3.15. The molecule has 0 amide bonds. The van der Waals surface area contributed by atoms with Gasteiger partial charge in [-0.25, -0.2) is 13.1 Å². The molecule has 1 aromatic carbocycles. The molecule has 0 radical (unpaired) electrons. The van der Waals surface area contributed by atoms with Gasteiger partial charge in [-0.3, -0.25) is 0 Å². The Kier molecular flexibility index (Phi) is 3.93. The van der Waals surface area contributed by atoms with E-state index < -0.39 is 10.0 Å². The summed E-state index contributed by atoms with van der Waals surface area (Å²) < 4.78 is 26.9. The average molecular weight is 297 g/mol. The third-order valence-corrected chi connectivity index (χ3v) is 5.45. The van der Waals surface area contributed by atoms with Gasteiger partial charge >= 0.3 is 0 Å². The quantitative estimate of drug-likeness (QED) is 0.912. The van der Waals surface area contributed by atoms with Crippen LogP contribution < -0.4 is 4.72 Å². The zero-order valence-corrected chi connectivity index (χ0v) is 12.3. The van der Waals surface area contributed by atoms with Gasteiger partial charge in [0.15, 0.2) is 0 Å². The number of sulfonamides is 1. The largest absolute Gasteiger partial charge is 0.507 e. The highest BCUT2D eigenvalue weighted by Gasteiger charge is 2.21. The molecule has 19 heavy (non-hydrogen) atoms.